The standard InChI is InChI=1S/C13H21ClN4O2S/c1-5-11(17-13(14)15-3)16-12-9(2)7-6-8-10(12)18-21(4,19)20/h5-7,9-10,12,18H,1,8H2,2-4H3,(H,15,16,17). The first-order valence-electron chi connectivity index (χ1n) is 6.50. The van der Waals surface area contributed by atoms with Crippen LogP contribution in [-0.4, -0.2) is 44.9 Å². The Kier molecular flexibility index (Phi) is 6.57. The molecule has 0 fully saturated rings. The average Bonchev–Trinajstić information content (AvgIpc) is 2.39. The van der Waals surface area contributed by atoms with E-state index in [1.807, 2.05) is 19.1 Å². The van der Waals surface area contributed by atoms with Gasteiger partial charge in [-0.15, -0.1) is 0 Å². The third-order valence-electron chi connectivity index (χ3n) is 3.06. The Bertz CT molecular complexity index is 569. The second-order valence-electron chi connectivity index (χ2n) is 4.87. The molecule has 118 valence electrons. The number of aliphatic imine (C=N–C) groups is 2. The van der Waals surface area contributed by atoms with Gasteiger partial charge in [-0.2, -0.15) is 0 Å². The minimum absolute atomic E-state index is 0.0899. The molecule has 0 aromatic heterocycles. The van der Waals surface area contributed by atoms with Gasteiger partial charge in [0.2, 0.25) is 10.0 Å². The number of rotatable bonds is 4. The van der Waals surface area contributed by atoms with Gasteiger partial charge in [0.15, 0.2) is 5.29 Å². The molecule has 3 atom stereocenters. The van der Waals surface area contributed by atoms with E-state index in [1.165, 1.54) is 6.08 Å². The summed E-state index contributed by atoms with van der Waals surface area (Å²) in [4.78, 5) is 8.32. The lowest BCUT2D eigenvalue weighted by atomic mass is 9.88. The molecule has 0 bridgehead atoms. The SMILES string of the molecule is C=CC(=NC1C(C)C=CCC1NS(C)(=O)=O)NC(Cl)=NC. The van der Waals surface area contributed by atoms with E-state index in [0.29, 0.717) is 12.3 Å². The molecule has 0 spiro atoms. The van der Waals surface area contributed by atoms with E-state index >= 15 is 0 Å². The lowest BCUT2D eigenvalue weighted by Crippen LogP contribution is -2.46. The van der Waals surface area contributed by atoms with E-state index in [-0.39, 0.29) is 23.3 Å². The molecule has 1 aliphatic carbocycles. The molecular formula is C13H21ClN4O2S. The van der Waals surface area contributed by atoms with Gasteiger partial charge in [0.1, 0.15) is 5.84 Å². The highest BCUT2D eigenvalue weighted by Gasteiger charge is 2.29. The zero-order chi connectivity index (χ0) is 16.0. The molecule has 2 N–H and O–H groups in total. The van der Waals surface area contributed by atoms with Crippen molar-refractivity contribution in [2.24, 2.45) is 15.9 Å². The summed E-state index contributed by atoms with van der Waals surface area (Å²) in [6.45, 7) is 5.66. The summed E-state index contributed by atoms with van der Waals surface area (Å²) in [5.41, 5.74) is 0. The van der Waals surface area contributed by atoms with Crippen molar-refractivity contribution in [2.45, 2.75) is 25.4 Å². The number of amidine groups is 2. The zero-order valence-electron chi connectivity index (χ0n) is 12.4. The predicted molar refractivity (Wildman–Crippen MR) is 88.5 cm³/mol. The normalized spacial score (nSPS) is 27.5. The third kappa shape index (κ3) is 5.99. The minimum atomic E-state index is -3.30. The Morgan fingerprint density at radius 1 is 1.52 bits per heavy atom. The van der Waals surface area contributed by atoms with Gasteiger partial charge >= 0.3 is 0 Å². The quantitative estimate of drug-likeness (QED) is 0.352. The molecule has 6 nitrogen and oxygen atoms in total. The average molecular weight is 333 g/mol. The third-order valence-corrected chi connectivity index (χ3v) is 4.05. The number of hydrogen-bond donors (Lipinski definition) is 2. The van der Waals surface area contributed by atoms with Crippen LogP contribution in [0.2, 0.25) is 0 Å². The van der Waals surface area contributed by atoms with Crippen LogP contribution in [0.4, 0.5) is 0 Å². The van der Waals surface area contributed by atoms with Crippen LogP contribution >= 0.6 is 11.6 Å². The van der Waals surface area contributed by atoms with Crippen molar-refractivity contribution in [3.05, 3.63) is 24.8 Å². The van der Waals surface area contributed by atoms with Crippen molar-refractivity contribution in [3.63, 3.8) is 0 Å². The molecule has 1 rings (SSSR count). The van der Waals surface area contributed by atoms with Crippen LogP contribution in [0.1, 0.15) is 13.3 Å². The summed E-state index contributed by atoms with van der Waals surface area (Å²) in [6, 6.07) is -0.541. The molecule has 0 radical (unpaired) electrons. The lowest BCUT2D eigenvalue weighted by Gasteiger charge is -2.30. The summed E-state index contributed by atoms with van der Waals surface area (Å²) in [5, 5.41) is 3.01. The maximum atomic E-state index is 11.5. The van der Waals surface area contributed by atoms with Gasteiger partial charge in [-0.05, 0) is 30.0 Å². The van der Waals surface area contributed by atoms with Gasteiger partial charge in [-0.3, -0.25) is 9.98 Å². The Hall–Kier alpha value is -1.18. The van der Waals surface area contributed by atoms with Crippen molar-refractivity contribution in [1.82, 2.24) is 10.0 Å². The second kappa shape index (κ2) is 7.72. The van der Waals surface area contributed by atoms with Gasteiger partial charge in [0.25, 0.3) is 0 Å². The largest absolute Gasteiger partial charge is 0.316 e. The monoisotopic (exact) mass is 332 g/mol. The number of halogens is 1. The van der Waals surface area contributed by atoms with Gasteiger partial charge in [-0.1, -0.05) is 25.7 Å². The van der Waals surface area contributed by atoms with Gasteiger partial charge in [-0.25, -0.2) is 13.1 Å². The second-order valence-corrected chi connectivity index (χ2v) is 7.01. The molecule has 21 heavy (non-hydrogen) atoms. The van der Waals surface area contributed by atoms with Gasteiger partial charge < -0.3 is 5.32 Å². The summed E-state index contributed by atoms with van der Waals surface area (Å²) in [7, 11) is -1.75. The first-order valence-corrected chi connectivity index (χ1v) is 8.77. The van der Waals surface area contributed by atoms with Crippen LogP contribution in [0.3, 0.4) is 0 Å². The topological polar surface area (TPSA) is 82.9 Å². The summed E-state index contributed by atoms with van der Waals surface area (Å²) in [5.74, 6) is 0.546. The van der Waals surface area contributed by atoms with Gasteiger partial charge in [0.05, 0.1) is 12.3 Å². The van der Waals surface area contributed by atoms with Crippen molar-refractivity contribution in [3.8, 4) is 0 Å². The van der Waals surface area contributed by atoms with E-state index in [9.17, 15) is 8.42 Å². The fraction of sp³-hybridized carbons (Fsp3) is 0.538. The highest BCUT2D eigenvalue weighted by atomic mass is 35.5. The van der Waals surface area contributed by atoms with Crippen molar-refractivity contribution >= 4 is 32.8 Å². The smallest absolute Gasteiger partial charge is 0.209 e. The van der Waals surface area contributed by atoms with Crippen LogP contribution < -0.4 is 10.0 Å². The predicted octanol–water partition coefficient (Wildman–Crippen LogP) is 1.27. The molecule has 0 heterocycles. The summed E-state index contributed by atoms with van der Waals surface area (Å²) < 4.78 is 25.6. The van der Waals surface area contributed by atoms with Crippen molar-refractivity contribution in [1.29, 1.82) is 0 Å². The number of hydrogen-bond acceptors (Lipinski definition) is 4. The van der Waals surface area contributed by atoms with Crippen LogP contribution in [0, 0.1) is 5.92 Å². The molecule has 0 saturated heterocycles. The fourth-order valence-electron chi connectivity index (χ4n) is 2.12. The van der Waals surface area contributed by atoms with Crippen LogP contribution in [-0.2, 0) is 10.0 Å². The molecule has 0 aliphatic heterocycles. The minimum Gasteiger partial charge on any atom is -0.316 e. The molecule has 0 aromatic rings. The van der Waals surface area contributed by atoms with E-state index in [4.69, 9.17) is 11.6 Å². The van der Waals surface area contributed by atoms with Crippen molar-refractivity contribution < 1.29 is 8.42 Å². The maximum Gasteiger partial charge on any atom is 0.209 e. The van der Waals surface area contributed by atoms with E-state index in [1.54, 1.807) is 7.05 Å². The number of sulfonamides is 1. The van der Waals surface area contributed by atoms with E-state index in [0.717, 1.165) is 6.26 Å². The van der Waals surface area contributed by atoms with Crippen LogP contribution in [0.5, 0.6) is 0 Å². The number of nitrogens with one attached hydrogen (secondary N) is 2. The molecule has 8 heteroatoms. The van der Waals surface area contributed by atoms with E-state index < -0.39 is 10.0 Å². The van der Waals surface area contributed by atoms with Crippen LogP contribution in [0.15, 0.2) is 34.8 Å². The fourth-order valence-corrected chi connectivity index (χ4v) is 3.00. The number of nitrogens with zero attached hydrogens (tertiary/aromatic N) is 2. The Labute approximate surface area is 131 Å². The molecule has 0 saturated carbocycles. The molecule has 0 amide bonds. The highest BCUT2D eigenvalue weighted by molar-refractivity contribution is 7.88. The van der Waals surface area contributed by atoms with Crippen LogP contribution in [0.25, 0.3) is 0 Å². The van der Waals surface area contributed by atoms with Gasteiger partial charge in [0, 0.05) is 13.1 Å². The Morgan fingerprint density at radius 3 is 2.71 bits per heavy atom. The first-order chi connectivity index (χ1) is 9.76. The highest BCUT2D eigenvalue weighted by Crippen LogP contribution is 2.22. The zero-order valence-corrected chi connectivity index (χ0v) is 13.9. The molecule has 1 aliphatic rings. The Morgan fingerprint density at radius 2 is 2.19 bits per heavy atom. The maximum absolute atomic E-state index is 11.5. The summed E-state index contributed by atoms with van der Waals surface area (Å²) in [6.07, 6.45) is 7.23. The molecule has 0 aromatic carbocycles. The summed E-state index contributed by atoms with van der Waals surface area (Å²) >= 11 is 5.82. The van der Waals surface area contributed by atoms with Crippen molar-refractivity contribution in [2.75, 3.05) is 13.3 Å². The first kappa shape index (κ1) is 17.9. The molecular weight excluding hydrogens is 312 g/mol. The Balaban J connectivity index is 3.02. The van der Waals surface area contributed by atoms with E-state index in [2.05, 4.69) is 26.6 Å². The molecule has 3 unspecified atom stereocenters. The lowest BCUT2D eigenvalue weighted by molar-refractivity contribution is 0.403.